The molecule has 19 heavy (non-hydrogen) atoms. The second-order valence-corrected chi connectivity index (χ2v) is 5.18. The van der Waals surface area contributed by atoms with E-state index in [1.807, 2.05) is 4.90 Å². The van der Waals surface area contributed by atoms with E-state index in [1.54, 1.807) is 6.20 Å². The Hall–Kier alpha value is -1.41. The molecule has 7 nitrogen and oxygen atoms in total. The van der Waals surface area contributed by atoms with Gasteiger partial charge in [-0.2, -0.15) is 4.98 Å². The second-order valence-electron chi connectivity index (χ2n) is 4.33. The molecule has 0 saturated carbocycles. The lowest BCUT2D eigenvalue weighted by Gasteiger charge is -2.26. The smallest absolute Gasteiger partial charge is 0.241 e. The van der Waals surface area contributed by atoms with E-state index in [2.05, 4.69) is 36.6 Å². The van der Waals surface area contributed by atoms with E-state index in [1.165, 1.54) is 6.42 Å². The van der Waals surface area contributed by atoms with Crippen LogP contribution in [0.15, 0.2) is 10.7 Å². The van der Waals surface area contributed by atoms with Crippen LogP contribution in [0.2, 0.25) is 0 Å². The molecule has 1 aromatic heterocycles. The molecule has 0 aromatic carbocycles. The van der Waals surface area contributed by atoms with E-state index >= 15 is 0 Å². The summed E-state index contributed by atoms with van der Waals surface area (Å²) in [5, 5.41) is 3.00. The third-order valence-corrected chi connectivity index (χ3v) is 3.57. The number of nitrogens with two attached hydrogens (primary N) is 1. The highest BCUT2D eigenvalue weighted by molar-refractivity contribution is 9.10. The lowest BCUT2D eigenvalue weighted by atomic mass is 10.1. The number of nitrogens with zero attached hydrogens (tertiary/aromatic N) is 3. The summed E-state index contributed by atoms with van der Waals surface area (Å²) in [6.07, 6.45) is 4.96. The van der Waals surface area contributed by atoms with Gasteiger partial charge in [0.25, 0.3) is 0 Å². The molecule has 1 aliphatic heterocycles. The first-order chi connectivity index (χ1) is 9.20. The van der Waals surface area contributed by atoms with Crippen molar-refractivity contribution < 1.29 is 4.79 Å². The van der Waals surface area contributed by atoms with Crippen LogP contribution in [0, 0.1) is 0 Å². The summed E-state index contributed by atoms with van der Waals surface area (Å²) >= 11 is 3.32. The molecule has 0 bridgehead atoms. The van der Waals surface area contributed by atoms with Crippen molar-refractivity contribution in [2.45, 2.75) is 19.3 Å². The summed E-state index contributed by atoms with van der Waals surface area (Å²) in [6, 6.07) is 0. The fourth-order valence-corrected chi connectivity index (χ4v) is 2.31. The second kappa shape index (κ2) is 6.67. The molecule has 104 valence electrons. The minimum Gasteiger partial charge on any atom is -0.360 e. The van der Waals surface area contributed by atoms with Gasteiger partial charge in [0, 0.05) is 19.3 Å². The number of aromatic nitrogens is 2. The average molecular weight is 329 g/mol. The molecule has 1 saturated heterocycles. The van der Waals surface area contributed by atoms with Crippen molar-refractivity contribution in [3.63, 3.8) is 0 Å². The molecule has 0 atom stereocenters. The zero-order chi connectivity index (χ0) is 13.7. The minimum absolute atomic E-state index is 0.0902. The van der Waals surface area contributed by atoms with Gasteiger partial charge in [0.1, 0.15) is 5.82 Å². The molecule has 1 amide bonds. The normalized spacial score (nSPS) is 15.2. The van der Waals surface area contributed by atoms with E-state index in [-0.39, 0.29) is 12.5 Å². The Morgan fingerprint density at radius 1 is 1.42 bits per heavy atom. The van der Waals surface area contributed by atoms with Crippen molar-refractivity contribution in [3.8, 4) is 0 Å². The van der Waals surface area contributed by atoms with Crippen molar-refractivity contribution in [3.05, 3.63) is 10.7 Å². The van der Waals surface area contributed by atoms with Gasteiger partial charge in [0.05, 0.1) is 11.0 Å². The molecule has 1 aromatic rings. The molecule has 0 aliphatic carbocycles. The molecule has 2 rings (SSSR count). The Balaban J connectivity index is 1.92. The third-order valence-electron chi connectivity index (χ3n) is 2.99. The lowest BCUT2D eigenvalue weighted by molar-refractivity contribution is -0.130. The molecule has 4 N–H and O–H groups in total. The van der Waals surface area contributed by atoms with Gasteiger partial charge in [-0.1, -0.05) is 0 Å². The van der Waals surface area contributed by atoms with Crippen molar-refractivity contribution in [1.82, 2.24) is 14.9 Å². The molecule has 0 unspecified atom stereocenters. The number of nitrogen functional groups attached to an aromatic ring is 1. The van der Waals surface area contributed by atoms with Crippen LogP contribution in [-0.4, -0.2) is 40.4 Å². The topological polar surface area (TPSA) is 96.2 Å². The highest BCUT2D eigenvalue weighted by atomic mass is 79.9. The van der Waals surface area contributed by atoms with Crippen LogP contribution in [0.1, 0.15) is 19.3 Å². The van der Waals surface area contributed by atoms with Crippen molar-refractivity contribution in [2.24, 2.45) is 5.84 Å². The number of hydrazine groups is 1. The van der Waals surface area contributed by atoms with E-state index in [4.69, 9.17) is 5.84 Å². The predicted molar refractivity (Wildman–Crippen MR) is 76.5 cm³/mol. The fraction of sp³-hybridized carbons (Fsp3) is 0.545. The Kier molecular flexibility index (Phi) is 4.92. The number of rotatable bonds is 4. The largest absolute Gasteiger partial charge is 0.360 e. The monoisotopic (exact) mass is 328 g/mol. The Morgan fingerprint density at radius 3 is 2.84 bits per heavy atom. The first kappa shape index (κ1) is 14.0. The van der Waals surface area contributed by atoms with Crippen LogP contribution in [-0.2, 0) is 4.79 Å². The molecule has 0 radical (unpaired) electrons. The number of hydrogen-bond acceptors (Lipinski definition) is 6. The van der Waals surface area contributed by atoms with Crippen molar-refractivity contribution >= 4 is 33.6 Å². The van der Waals surface area contributed by atoms with Crippen molar-refractivity contribution in [2.75, 3.05) is 30.4 Å². The number of amides is 1. The van der Waals surface area contributed by atoms with E-state index in [0.717, 1.165) is 25.9 Å². The summed E-state index contributed by atoms with van der Waals surface area (Å²) in [7, 11) is 0. The third kappa shape index (κ3) is 3.77. The Bertz CT molecular complexity index is 449. The average Bonchev–Trinajstić information content (AvgIpc) is 2.47. The zero-order valence-corrected chi connectivity index (χ0v) is 12.1. The molecular weight excluding hydrogens is 312 g/mol. The van der Waals surface area contributed by atoms with Gasteiger partial charge in [0.15, 0.2) is 0 Å². The first-order valence-electron chi connectivity index (χ1n) is 6.21. The fourth-order valence-electron chi connectivity index (χ4n) is 1.98. The standard InChI is InChI=1S/C11H17BrN6O/c12-8-6-15-11(17-13)16-10(8)14-7-9(19)18-4-2-1-3-5-18/h6H,1-5,7,13H2,(H2,14,15,16,17). The van der Waals surface area contributed by atoms with Gasteiger partial charge in [-0.05, 0) is 35.2 Å². The van der Waals surface area contributed by atoms with Crippen LogP contribution in [0.3, 0.4) is 0 Å². The number of likely N-dealkylation sites (tertiary alicyclic amines) is 1. The number of hydrogen-bond donors (Lipinski definition) is 3. The highest BCUT2D eigenvalue weighted by Gasteiger charge is 2.16. The van der Waals surface area contributed by atoms with Gasteiger partial charge in [0.2, 0.25) is 11.9 Å². The molecule has 2 heterocycles. The summed E-state index contributed by atoms with van der Waals surface area (Å²) in [4.78, 5) is 22.0. The molecule has 0 spiro atoms. The number of halogens is 1. The number of carbonyl (C=O) groups excluding carboxylic acids is 1. The van der Waals surface area contributed by atoms with Gasteiger partial charge in [-0.15, -0.1) is 0 Å². The zero-order valence-electron chi connectivity index (χ0n) is 10.5. The van der Waals surface area contributed by atoms with Crippen LogP contribution >= 0.6 is 15.9 Å². The maximum atomic E-state index is 12.0. The predicted octanol–water partition coefficient (Wildman–Crippen LogP) is 0.949. The lowest BCUT2D eigenvalue weighted by Crippen LogP contribution is -2.39. The molecule has 1 fully saturated rings. The summed E-state index contributed by atoms with van der Waals surface area (Å²) in [6.45, 7) is 1.92. The van der Waals surface area contributed by atoms with Crippen LogP contribution in [0.5, 0.6) is 0 Å². The highest BCUT2D eigenvalue weighted by Crippen LogP contribution is 2.19. The summed E-state index contributed by atoms with van der Waals surface area (Å²) in [5.41, 5.74) is 2.37. The van der Waals surface area contributed by atoms with Gasteiger partial charge in [-0.25, -0.2) is 10.8 Å². The van der Waals surface area contributed by atoms with Crippen molar-refractivity contribution in [1.29, 1.82) is 0 Å². The number of carbonyl (C=O) groups is 1. The number of nitrogens with one attached hydrogen (secondary N) is 2. The minimum atomic E-state index is 0.0902. The summed E-state index contributed by atoms with van der Waals surface area (Å²) in [5.74, 6) is 6.19. The quantitative estimate of drug-likeness (QED) is 0.562. The van der Waals surface area contributed by atoms with Gasteiger partial charge in [-0.3, -0.25) is 10.2 Å². The Labute approximate surface area is 120 Å². The summed E-state index contributed by atoms with van der Waals surface area (Å²) < 4.78 is 0.693. The van der Waals surface area contributed by atoms with E-state index in [0.29, 0.717) is 16.2 Å². The maximum absolute atomic E-state index is 12.0. The number of piperidine rings is 1. The molecule has 1 aliphatic rings. The van der Waals surface area contributed by atoms with E-state index in [9.17, 15) is 4.79 Å². The van der Waals surface area contributed by atoms with Crippen LogP contribution in [0.25, 0.3) is 0 Å². The molecular formula is C11H17BrN6O. The Morgan fingerprint density at radius 2 is 2.16 bits per heavy atom. The van der Waals surface area contributed by atoms with Gasteiger partial charge >= 0.3 is 0 Å². The van der Waals surface area contributed by atoms with Crippen LogP contribution < -0.4 is 16.6 Å². The van der Waals surface area contributed by atoms with Crippen LogP contribution in [0.4, 0.5) is 11.8 Å². The SMILES string of the molecule is NNc1ncc(Br)c(NCC(=O)N2CCCCC2)n1. The van der Waals surface area contributed by atoms with E-state index < -0.39 is 0 Å². The first-order valence-corrected chi connectivity index (χ1v) is 7.01. The maximum Gasteiger partial charge on any atom is 0.241 e. The molecule has 8 heteroatoms. The number of anilines is 2. The van der Waals surface area contributed by atoms with Gasteiger partial charge < -0.3 is 10.2 Å².